The van der Waals surface area contributed by atoms with E-state index < -0.39 is 0 Å². The Bertz CT molecular complexity index is 818. The molecule has 6 nitrogen and oxygen atoms in total. The maximum absolute atomic E-state index is 4.56. The van der Waals surface area contributed by atoms with E-state index in [-0.39, 0.29) is 0 Å². The summed E-state index contributed by atoms with van der Waals surface area (Å²) in [5, 5.41) is 5.56. The fourth-order valence-electron chi connectivity index (χ4n) is 3.44. The summed E-state index contributed by atoms with van der Waals surface area (Å²) in [6, 6.07) is 10.8. The van der Waals surface area contributed by atoms with Gasteiger partial charge in [0.1, 0.15) is 12.1 Å². The Morgan fingerprint density at radius 2 is 1.79 bits per heavy atom. The van der Waals surface area contributed by atoms with Crippen LogP contribution in [0.3, 0.4) is 0 Å². The second kappa shape index (κ2) is 6.20. The molecule has 24 heavy (non-hydrogen) atoms. The molecule has 0 aliphatic carbocycles. The number of para-hydroxylation sites is 1. The third-order valence-electron chi connectivity index (χ3n) is 4.84. The molecular weight excluding hydrogens is 300 g/mol. The van der Waals surface area contributed by atoms with Gasteiger partial charge in [0.2, 0.25) is 0 Å². The molecule has 0 N–H and O–H groups in total. The molecule has 1 aliphatic heterocycles. The molecule has 124 valence electrons. The molecule has 0 spiro atoms. The fourth-order valence-corrected chi connectivity index (χ4v) is 3.44. The quantitative estimate of drug-likeness (QED) is 0.741. The summed E-state index contributed by atoms with van der Waals surface area (Å²) in [6.07, 6.45) is 5.85. The molecule has 3 aromatic rings. The van der Waals surface area contributed by atoms with Gasteiger partial charge in [-0.1, -0.05) is 18.2 Å². The summed E-state index contributed by atoms with van der Waals surface area (Å²) in [6.45, 7) is 2.04. The molecular formula is C18H22N6. The van der Waals surface area contributed by atoms with Crippen molar-refractivity contribution in [2.45, 2.75) is 18.9 Å². The number of rotatable bonds is 3. The molecule has 0 atom stereocenters. The maximum Gasteiger partial charge on any atom is 0.168 e. The second-order valence-corrected chi connectivity index (χ2v) is 6.51. The number of aromatic nitrogens is 4. The lowest BCUT2D eigenvalue weighted by Crippen LogP contribution is -2.42. The first-order valence-electron chi connectivity index (χ1n) is 8.39. The largest absolute Gasteiger partial charge is 0.356 e. The van der Waals surface area contributed by atoms with Crippen molar-refractivity contribution in [2.24, 2.45) is 0 Å². The third kappa shape index (κ3) is 2.63. The van der Waals surface area contributed by atoms with Crippen LogP contribution in [0.2, 0.25) is 0 Å². The van der Waals surface area contributed by atoms with Gasteiger partial charge in [0.05, 0.1) is 17.3 Å². The molecule has 1 aromatic carbocycles. The zero-order chi connectivity index (χ0) is 16.5. The van der Waals surface area contributed by atoms with Gasteiger partial charge in [0.15, 0.2) is 5.65 Å². The van der Waals surface area contributed by atoms with Crippen LogP contribution in [0.1, 0.15) is 12.8 Å². The molecule has 0 bridgehead atoms. The lowest BCUT2D eigenvalue weighted by Gasteiger charge is -2.35. The van der Waals surface area contributed by atoms with Crippen LogP contribution >= 0.6 is 0 Å². The Balaban J connectivity index is 1.67. The van der Waals surface area contributed by atoms with Crippen LogP contribution in [0, 0.1) is 0 Å². The minimum Gasteiger partial charge on any atom is -0.356 e. The smallest absolute Gasteiger partial charge is 0.168 e. The van der Waals surface area contributed by atoms with E-state index in [1.807, 2.05) is 41.2 Å². The Kier molecular flexibility index (Phi) is 3.90. The van der Waals surface area contributed by atoms with Crippen molar-refractivity contribution in [1.29, 1.82) is 0 Å². The van der Waals surface area contributed by atoms with E-state index in [9.17, 15) is 0 Å². The first kappa shape index (κ1) is 15.1. The molecule has 6 heteroatoms. The average Bonchev–Trinajstić information content (AvgIpc) is 3.06. The topological polar surface area (TPSA) is 50.1 Å². The Morgan fingerprint density at radius 3 is 2.50 bits per heavy atom. The van der Waals surface area contributed by atoms with E-state index in [2.05, 4.69) is 39.0 Å². The summed E-state index contributed by atoms with van der Waals surface area (Å²) < 4.78 is 1.88. The molecule has 1 aliphatic rings. The number of benzene rings is 1. The predicted molar refractivity (Wildman–Crippen MR) is 95.6 cm³/mol. The SMILES string of the molecule is CN(C)C1CCN(c2ncnc3c2cnn3-c2ccccc2)CC1. The van der Waals surface area contributed by atoms with Crippen molar-refractivity contribution >= 4 is 16.9 Å². The van der Waals surface area contributed by atoms with Gasteiger partial charge in [-0.2, -0.15) is 5.10 Å². The van der Waals surface area contributed by atoms with Gasteiger partial charge in [0.25, 0.3) is 0 Å². The van der Waals surface area contributed by atoms with E-state index in [0.717, 1.165) is 48.5 Å². The Morgan fingerprint density at radius 1 is 1.04 bits per heavy atom. The Hall–Kier alpha value is -2.47. The standard InChI is InChI=1S/C18H22N6/c1-22(2)14-8-10-23(11-9-14)17-16-12-21-24(18(16)20-13-19-17)15-6-4-3-5-7-15/h3-7,12-14H,8-11H2,1-2H3. The minimum absolute atomic E-state index is 0.658. The molecule has 0 saturated carbocycles. The van der Waals surface area contributed by atoms with E-state index in [4.69, 9.17) is 0 Å². The maximum atomic E-state index is 4.56. The highest BCUT2D eigenvalue weighted by Gasteiger charge is 2.23. The van der Waals surface area contributed by atoms with Crippen molar-refractivity contribution in [3.05, 3.63) is 42.9 Å². The third-order valence-corrected chi connectivity index (χ3v) is 4.84. The van der Waals surface area contributed by atoms with Crippen molar-refractivity contribution in [1.82, 2.24) is 24.6 Å². The van der Waals surface area contributed by atoms with Crippen LogP contribution in [-0.4, -0.2) is 57.9 Å². The van der Waals surface area contributed by atoms with Crippen LogP contribution in [0.15, 0.2) is 42.9 Å². The van der Waals surface area contributed by atoms with Crippen molar-refractivity contribution < 1.29 is 0 Å². The van der Waals surface area contributed by atoms with Gasteiger partial charge in [-0.05, 0) is 39.1 Å². The van der Waals surface area contributed by atoms with Gasteiger partial charge < -0.3 is 9.80 Å². The summed E-state index contributed by atoms with van der Waals surface area (Å²) in [7, 11) is 4.32. The molecule has 0 unspecified atom stereocenters. The minimum atomic E-state index is 0.658. The number of hydrogen-bond acceptors (Lipinski definition) is 5. The van der Waals surface area contributed by atoms with E-state index in [0.29, 0.717) is 6.04 Å². The second-order valence-electron chi connectivity index (χ2n) is 6.51. The number of piperidine rings is 1. The van der Waals surface area contributed by atoms with Crippen LogP contribution in [0.25, 0.3) is 16.7 Å². The number of fused-ring (bicyclic) bond motifs is 1. The lowest BCUT2D eigenvalue weighted by atomic mass is 10.0. The van der Waals surface area contributed by atoms with Crippen LogP contribution in [-0.2, 0) is 0 Å². The summed E-state index contributed by atoms with van der Waals surface area (Å²) in [4.78, 5) is 13.7. The Labute approximate surface area is 141 Å². The normalized spacial score (nSPS) is 16.2. The average molecular weight is 322 g/mol. The van der Waals surface area contributed by atoms with Crippen LogP contribution in [0.4, 0.5) is 5.82 Å². The highest BCUT2D eigenvalue weighted by Crippen LogP contribution is 2.27. The summed E-state index contributed by atoms with van der Waals surface area (Å²) in [5.74, 6) is 0.999. The molecule has 3 heterocycles. The van der Waals surface area contributed by atoms with E-state index in [1.54, 1.807) is 6.33 Å². The van der Waals surface area contributed by atoms with Crippen LogP contribution < -0.4 is 4.90 Å². The fraction of sp³-hybridized carbons (Fsp3) is 0.389. The first-order chi connectivity index (χ1) is 11.7. The lowest BCUT2D eigenvalue weighted by molar-refractivity contribution is 0.249. The predicted octanol–water partition coefficient (Wildman–Crippen LogP) is 2.35. The van der Waals surface area contributed by atoms with Gasteiger partial charge >= 0.3 is 0 Å². The van der Waals surface area contributed by atoms with Crippen molar-refractivity contribution in [3.63, 3.8) is 0 Å². The number of hydrogen-bond donors (Lipinski definition) is 0. The molecule has 0 amide bonds. The summed E-state index contributed by atoms with van der Waals surface area (Å²) >= 11 is 0. The van der Waals surface area contributed by atoms with Crippen molar-refractivity contribution in [2.75, 3.05) is 32.1 Å². The molecule has 0 radical (unpaired) electrons. The highest BCUT2D eigenvalue weighted by molar-refractivity contribution is 5.87. The van der Waals surface area contributed by atoms with Gasteiger partial charge in [-0.15, -0.1) is 0 Å². The molecule has 1 saturated heterocycles. The zero-order valence-corrected chi connectivity index (χ0v) is 14.1. The van der Waals surface area contributed by atoms with E-state index in [1.165, 1.54) is 0 Å². The molecule has 2 aromatic heterocycles. The van der Waals surface area contributed by atoms with E-state index >= 15 is 0 Å². The van der Waals surface area contributed by atoms with Crippen molar-refractivity contribution in [3.8, 4) is 5.69 Å². The highest BCUT2D eigenvalue weighted by atomic mass is 15.3. The zero-order valence-electron chi connectivity index (χ0n) is 14.1. The molecule has 1 fully saturated rings. The van der Waals surface area contributed by atoms with Crippen LogP contribution in [0.5, 0.6) is 0 Å². The number of anilines is 1. The number of nitrogens with zero attached hydrogens (tertiary/aromatic N) is 6. The monoisotopic (exact) mass is 322 g/mol. The van der Waals surface area contributed by atoms with Gasteiger partial charge in [-0.3, -0.25) is 0 Å². The first-order valence-corrected chi connectivity index (χ1v) is 8.39. The molecule has 4 rings (SSSR count). The van der Waals surface area contributed by atoms with Gasteiger partial charge in [0, 0.05) is 19.1 Å². The summed E-state index contributed by atoms with van der Waals surface area (Å²) in [5.41, 5.74) is 1.88. The van der Waals surface area contributed by atoms with Gasteiger partial charge in [-0.25, -0.2) is 14.6 Å².